The third kappa shape index (κ3) is 3.37. The molecule has 0 amide bonds. The Morgan fingerprint density at radius 1 is 1.38 bits per heavy atom. The zero-order valence-electron chi connectivity index (χ0n) is 15.1. The van der Waals surface area contributed by atoms with E-state index in [2.05, 4.69) is 15.1 Å². The van der Waals surface area contributed by atoms with Crippen molar-refractivity contribution < 1.29 is 9.53 Å². The van der Waals surface area contributed by atoms with Gasteiger partial charge in [-0.2, -0.15) is 5.10 Å². The quantitative estimate of drug-likeness (QED) is 0.421. The lowest BCUT2D eigenvalue weighted by molar-refractivity contribution is -0.142. The van der Waals surface area contributed by atoms with Crippen molar-refractivity contribution in [1.29, 1.82) is 0 Å². The molecule has 0 spiro atoms. The number of esters is 1. The van der Waals surface area contributed by atoms with Crippen molar-refractivity contribution in [3.63, 3.8) is 0 Å². The second-order valence-corrected chi connectivity index (χ2v) is 7.23. The van der Waals surface area contributed by atoms with Crippen LogP contribution in [-0.4, -0.2) is 37.6 Å². The predicted molar refractivity (Wildman–Crippen MR) is 101 cm³/mol. The Labute approximate surface area is 154 Å². The number of nitrogens with one attached hydrogen (secondary N) is 1. The number of carbonyl (C=O) groups excluding carboxylic acids is 1. The third-order valence-corrected chi connectivity index (χ3v) is 5.09. The molecule has 3 rings (SSSR count). The molecular weight excluding hydrogens is 352 g/mol. The lowest BCUT2D eigenvalue weighted by Crippen LogP contribution is -2.18. The number of H-pyrrole nitrogens is 1. The van der Waals surface area contributed by atoms with Crippen LogP contribution in [0.1, 0.15) is 25.0 Å². The number of hydrogen-bond donors (Lipinski definition) is 1. The van der Waals surface area contributed by atoms with E-state index in [1.165, 1.54) is 6.20 Å². The predicted octanol–water partition coefficient (Wildman–Crippen LogP) is 2.77. The number of carbonyl (C=O) groups is 1. The molecule has 1 unspecified atom stereocenters. The summed E-state index contributed by atoms with van der Waals surface area (Å²) in [5.41, 5.74) is 3.23. The number of fused-ring (bicyclic) bond motifs is 1. The maximum atomic E-state index is 12.4. The molecule has 1 atom stereocenters. The lowest BCUT2D eigenvalue weighted by atomic mass is 10.1. The fraction of sp³-hybridized carbons (Fsp3) is 0.333. The first kappa shape index (κ1) is 18.2. The molecule has 2 heterocycles. The molecule has 1 aromatic carbocycles. The fourth-order valence-electron chi connectivity index (χ4n) is 2.57. The van der Waals surface area contributed by atoms with Crippen molar-refractivity contribution in [2.24, 2.45) is 0 Å². The van der Waals surface area contributed by atoms with Gasteiger partial charge in [-0.1, -0.05) is 23.9 Å². The van der Waals surface area contributed by atoms with E-state index < -0.39 is 5.25 Å². The van der Waals surface area contributed by atoms with Crippen LogP contribution in [0.2, 0.25) is 0 Å². The van der Waals surface area contributed by atoms with E-state index in [1.54, 1.807) is 18.5 Å². The van der Waals surface area contributed by atoms with E-state index >= 15 is 0 Å². The van der Waals surface area contributed by atoms with E-state index in [4.69, 9.17) is 4.74 Å². The molecule has 7 nitrogen and oxygen atoms in total. The second-order valence-electron chi connectivity index (χ2n) is 5.90. The van der Waals surface area contributed by atoms with Crippen LogP contribution in [0, 0.1) is 13.8 Å². The molecule has 3 aromatic rings. The molecular formula is C18H20N4O3S. The molecule has 0 fully saturated rings. The topological polar surface area (TPSA) is 89.9 Å². The highest BCUT2D eigenvalue weighted by atomic mass is 32.2. The number of rotatable bonds is 5. The van der Waals surface area contributed by atoms with E-state index in [-0.39, 0.29) is 11.5 Å². The van der Waals surface area contributed by atoms with E-state index in [0.717, 1.165) is 28.6 Å². The summed E-state index contributed by atoms with van der Waals surface area (Å²) in [6.45, 7) is 7.81. The standard InChI is InChI=1S/C18H20N4O3S/c1-5-25-17(24)12(4)26-18-20-15-13(16(23)21-18)9-19-22(15)14-8-6-7-10(2)11(14)3/h6-9,12H,5H2,1-4H3,(H,20,21,23). The first-order valence-corrected chi connectivity index (χ1v) is 9.18. The molecule has 0 saturated heterocycles. The molecule has 0 aliphatic carbocycles. The minimum Gasteiger partial charge on any atom is -0.465 e. The summed E-state index contributed by atoms with van der Waals surface area (Å²) in [5, 5.41) is 4.63. The maximum Gasteiger partial charge on any atom is 0.319 e. The van der Waals surface area contributed by atoms with Gasteiger partial charge in [-0.15, -0.1) is 0 Å². The van der Waals surface area contributed by atoms with E-state index in [1.807, 2.05) is 32.0 Å². The normalized spacial score (nSPS) is 12.3. The highest BCUT2D eigenvalue weighted by molar-refractivity contribution is 8.00. The second kappa shape index (κ2) is 7.33. The van der Waals surface area contributed by atoms with Gasteiger partial charge in [0.1, 0.15) is 10.6 Å². The van der Waals surface area contributed by atoms with Crippen LogP contribution in [0.25, 0.3) is 16.7 Å². The summed E-state index contributed by atoms with van der Waals surface area (Å²) < 4.78 is 6.66. The molecule has 8 heteroatoms. The third-order valence-electron chi connectivity index (χ3n) is 4.13. The van der Waals surface area contributed by atoms with Crippen LogP contribution in [0.4, 0.5) is 0 Å². The molecule has 26 heavy (non-hydrogen) atoms. The first-order valence-electron chi connectivity index (χ1n) is 8.30. The summed E-state index contributed by atoms with van der Waals surface area (Å²) >= 11 is 1.15. The maximum absolute atomic E-state index is 12.4. The zero-order valence-corrected chi connectivity index (χ0v) is 15.9. The molecule has 0 aliphatic heterocycles. The molecule has 0 saturated carbocycles. The number of thioether (sulfide) groups is 1. The summed E-state index contributed by atoms with van der Waals surface area (Å²) in [6.07, 6.45) is 1.51. The van der Waals surface area contributed by atoms with Gasteiger partial charge in [0.05, 0.1) is 18.5 Å². The zero-order chi connectivity index (χ0) is 18.8. The number of aryl methyl sites for hydroxylation is 1. The Kier molecular flexibility index (Phi) is 5.13. The molecule has 0 aliphatic rings. The van der Waals surface area contributed by atoms with Crippen molar-refractivity contribution in [3.8, 4) is 5.69 Å². The lowest BCUT2D eigenvalue weighted by Gasteiger charge is -2.11. The fourth-order valence-corrected chi connectivity index (χ4v) is 3.36. The largest absolute Gasteiger partial charge is 0.465 e. The molecule has 0 radical (unpaired) electrons. The van der Waals surface area contributed by atoms with Crippen molar-refractivity contribution in [1.82, 2.24) is 19.7 Å². The van der Waals surface area contributed by atoms with Crippen LogP contribution < -0.4 is 5.56 Å². The van der Waals surface area contributed by atoms with Gasteiger partial charge in [0.2, 0.25) is 0 Å². The highest BCUT2D eigenvalue weighted by Crippen LogP contribution is 2.23. The van der Waals surface area contributed by atoms with Crippen LogP contribution in [-0.2, 0) is 9.53 Å². The Bertz CT molecular complexity index is 1020. The van der Waals surface area contributed by atoms with Crippen molar-refractivity contribution in [2.75, 3.05) is 6.61 Å². The van der Waals surface area contributed by atoms with Gasteiger partial charge in [0.15, 0.2) is 10.8 Å². The van der Waals surface area contributed by atoms with Crippen LogP contribution in [0.15, 0.2) is 34.3 Å². The van der Waals surface area contributed by atoms with Crippen molar-refractivity contribution in [2.45, 2.75) is 38.1 Å². The van der Waals surface area contributed by atoms with E-state index in [9.17, 15) is 9.59 Å². The monoisotopic (exact) mass is 372 g/mol. The van der Waals surface area contributed by atoms with E-state index in [0.29, 0.717) is 22.8 Å². The summed E-state index contributed by atoms with van der Waals surface area (Å²) in [6, 6.07) is 5.90. The minimum absolute atomic E-state index is 0.287. The Morgan fingerprint density at radius 3 is 2.88 bits per heavy atom. The van der Waals surface area contributed by atoms with Gasteiger partial charge in [-0.25, -0.2) is 9.67 Å². The smallest absolute Gasteiger partial charge is 0.319 e. The van der Waals surface area contributed by atoms with Gasteiger partial charge in [0.25, 0.3) is 5.56 Å². The summed E-state index contributed by atoms with van der Waals surface area (Å²) in [4.78, 5) is 31.5. The first-order chi connectivity index (χ1) is 12.4. The van der Waals surface area contributed by atoms with Crippen molar-refractivity contribution >= 4 is 28.8 Å². The highest BCUT2D eigenvalue weighted by Gasteiger charge is 2.19. The van der Waals surface area contributed by atoms with Crippen LogP contribution in [0.3, 0.4) is 0 Å². The van der Waals surface area contributed by atoms with Gasteiger partial charge >= 0.3 is 5.97 Å². The Hall–Kier alpha value is -2.61. The molecule has 2 aromatic heterocycles. The number of benzene rings is 1. The number of hydrogen-bond acceptors (Lipinski definition) is 6. The number of nitrogens with zero attached hydrogens (tertiary/aromatic N) is 3. The van der Waals surface area contributed by atoms with Crippen LogP contribution >= 0.6 is 11.8 Å². The summed E-state index contributed by atoms with van der Waals surface area (Å²) in [5.74, 6) is -0.344. The minimum atomic E-state index is -0.479. The van der Waals surface area contributed by atoms with Gasteiger partial charge in [-0.3, -0.25) is 9.59 Å². The average molecular weight is 372 g/mol. The van der Waals surface area contributed by atoms with Gasteiger partial charge in [-0.05, 0) is 44.9 Å². The molecule has 0 bridgehead atoms. The number of aromatic amines is 1. The van der Waals surface area contributed by atoms with Gasteiger partial charge in [0, 0.05) is 0 Å². The Morgan fingerprint density at radius 2 is 2.15 bits per heavy atom. The summed E-state index contributed by atoms with van der Waals surface area (Å²) in [7, 11) is 0. The SMILES string of the molecule is CCOC(=O)C(C)Sc1nc2c(cnn2-c2cccc(C)c2C)c(=O)[nH]1. The molecule has 136 valence electrons. The van der Waals surface area contributed by atoms with Crippen LogP contribution in [0.5, 0.6) is 0 Å². The average Bonchev–Trinajstić information content (AvgIpc) is 3.02. The molecule has 1 N–H and O–H groups in total. The number of ether oxygens (including phenoxy) is 1. The number of aromatic nitrogens is 4. The Balaban J connectivity index is 2.06. The van der Waals surface area contributed by atoms with Gasteiger partial charge < -0.3 is 9.72 Å². The van der Waals surface area contributed by atoms with Crippen molar-refractivity contribution in [3.05, 3.63) is 45.9 Å².